The third kappa shape index (κ3) is 2.35. The number of nitrogens with one attached hydrogen (secondary N) is 1. The van der Waals surface area contributed by atoms with E-state index < -0.39 is 0 Å². The zero-order valence-electron chi connectivity index (χ0n) is 14.0. The average molecular weight is 318 g/mol. The second-order valence-electron chi connectivity index (χ2n) is 7.10. The molecule has 0 bridgehead atoms. The molecule has 0 aromatic carbocycles. The standard InChI is InChI=1S/C17H26N4O2/c1-3-18-16(21(2)11-12-5-10-23-20-12)19-14-13-6-9-22-15(13)17(14)7-4-8-17/h5,10,13-15H,3-4,6-9,11H2,1-2H3,(H,18,19). The molecule has 3 fully saturated rings. The molecule has 1 aliphatic heterocycles. The van der Waals surface area contributed by atoms with Crippen LogP contribution in [0.1, 0.15) is 38.3 Å². The van der Waals surface area contributed by atoms with Gasteiger partial charge < -0.3 is 19.5 Å². The second kappa shape index (κ2) is 5.82. The molecule has 1 spiro atoms. The minimum atomic E-state index is 0.365. The summed E-state index contributed by atoms with van der Waals surface area (Å²) in [6.07, 6.45) is 7.19. The minimum Gasteiger partial charge on any atom is -0.377 e. The van der Waals surface area contributed by atoms with E-state index in [-0.39, 0.29) is 0 Å². The monoisotopic (exact) mass is 318 g/mol. The summed E-state index contributed by atoms with van der Waals surface area (Å²) in [5, 5.41) is 7.77. The maximum Gasteiger partial charge on any atom is 0.194 e. The molecular weight excluding hydrogens is 292 g/mol. The summed E-state index contributed by atoms with van der Waals surface area (Å²) >= 11 is 0. The van der Waals surface area contributed by atoms with Gasteiger partial charge in [0.1, 0.15) is 12.0 Å². The van der Waals surface area contributed by atoms with Crippen molar-refractivity contribution in [1.82, 2.24) is 15.4 Å². The number of fused-ring (bicyclic) bond motifs is 2. The lowest BCUT2D eigenvalue weighted by Gasteiger charge is -2.63. The molecule has 1 aromatic rings. The molecular formula is C17H26N4O2. The molecule has 3 aliphatic rings. The van der Waals surface area contributed by atoms with E-state index in [0.717, 1.165) is 24.8 Å². The van der Waals surface area contributed by atoms with Gasteiger partial charge in [-0.3, -0.25) is 4.99 Å². The van der Waals surface area contributed by atoms with E-state index in [2.05, 4.69) is 29.3 Å². The molecule has 126 valence electrons. The van der Waals surface area contributed by atoms with Crippen molar-refractivity contribution >= 4 is 5.96 Å². The first kappa shape index (κ1) is 15.0. The molecule has 4 rings (SSSR count). The molecule has 1 N–H and O–H groups in total. The number of guanidine groups is 1. The molecule has 2 saturated carbocycles. The lowest BCUT2D eigenvalue weighted by molar-refractivity contribution is -0.171. The number of nitrogens with zero attached hydrogens (tertiary/aromatic N) is 3. The second-order valence-corrected chi connectivity index (χ2v) is 7.10. The van der Waals surface area contributed by atoms with Crippen LogP contribution in [0.4, 0.5) is 0 Å². The Kier molecular flexibility index (Phi) is 3.79. The maximum absolute atomic E-state index is 6.01. The third-order valence-corrected chi connectivity index (χ3v) is 5.88. The zero-order chi connectivity index (χ0) is 15.9. The topological polar surface area (TPSA) is 62.9 Å². The van der Waals surface area contributed by atoms with Crippen LogP contribution in [-0.4, -0.2) is 48.4 Å². The number of hydrogen-bond donors (Lipinski definition) is 1. The minimum absolute atomic E-state index is 0.365. The van der Waals surface area contributed by atoms with Crippen LogP contribution in [0.5, 0.6) is 0 Å². The highest BCUT2D eigenvalue weighted by molar-refractivity contribution is 5.80. The Morgan fingerprint density at radius 2 is 2.39 bits per heavy atom. The van der Waals surface area contributed by atoms with Crippen LogP contribution in [0.15, 0.2) is 21.8 Å². The summed E-state index contributed by atoms with van der Waals surface area (Å²) in [4.78, 5) is 6.83. The van der Waals surface area contributed by atoms with Crippen molar-refractivity contribution in [3.63, 3.8) is 0 Å². The van der Waals surface area contributed by atoms with Gasteiger partial charge in [-0.2, -0.15) is 0 Å². The van der Waals surface area contributed by atoms with Crippen LogP contribution in [0.2, 0.25) is 0 Å². The van der Waals surface area contributed by atoms with Crippen molar-refractivity contribution in [2.45, 2.75) is 51.3 Å². The summed E-state index contributed by atoms with van der Waals surface area (Å²) in [5.41, 5.74) is 1.29. The van der Waals surface area contributed by atoms with E-state index in [1.165, 1.54) is 25.7 Å². The van der Waals surface area contributed by atoms with Crippen molar-refractivity contribution in [2.24, 2.45) is 16.3 Å². The summed E-state index contributed by atoms with van der Waals surface area (Å²) in [5.74, 6) is 1.62. The van der Waals surface area contributed by atoms with Gasteiger partial charge in [0.15, 0.2) is 5.96 Å². The molecule has 6 heteroatoms. The lowest BCUT2D eigenvalue weighted by atomic mass is 9.46. The van der Waals surface area contributed by atoms with E-state index in [0.29, 0.717) is 30.0 Å². The Morgan fingerprint density at radius 1 is 1.52 bits per heavy atom. The van der Waals surface area contributed by atoms with E-state index in [1.807, 2.05) is 6.07 Å². The summed E-state index contributed by atoms with van der Waals surface area (Å²) < 4.78 is 10.9. The first-order valence-corrected chi connectivity index (χ1v) is 8.77. The van der Waals surface area contributed by atoms with Gasteiger partial charge in [-0.15, -0.1) is 0 Å². The Labute approximate surface area is 137 Å². The first-order valence-electron chi connectivity index (χ1n) is 8.77. The quantitative estimate of drug-likeness (QED) is 0.680. The fourth-order valence-corrected chi connectivity index (χ4v) is 4.66. The Balaban J connectivity index is 1.47. The fraction of sp³-hybridized carbons (Fsp3) is 0.765. The SMILES string of the molecule is CCN=C(NC1C2CCOC2C12CCC2)N(C)Cc1ccon1. The third-order valence-electron chi connectivity index (χ3n) is 5.88. The summed E-state index contributed by atoms with van der Waals surface area (Å²) in [6, 6.07) is 2.41. The van der Waals surface area contributed by atoms with Gasteiger partial charge in [-0.1, -0.05) is 11.6 Å². The molecule has 2 heterocycles. The van der Waals surface area contributed by atoms with E-state index in [4.69, 9.17) is 14.3 Å². The van der Waals surface area contributed by atoms with Crippen LogP contribution < -0.4 is 5.32 Å². The summed E-state index contributed by atoms with van der Waals surface area (Å²) in [7, 11) is 2.06. The van der Waals surface area contributed by atoms with Crippen molar-refractivity contribution in [3.8, 4) is 0 Å². The largest absolute Gasteiger partial charge is 0.377 e. The molecule has 6 nitrogen and oxygen atoms in total. The van der Waals surface area contributed by atoms with Crippen molar-refractivity contribution in [1.29, 1.82) is 0 Å². The molecule has 0 amide bonds. The normalized spacial score (nSPS) is 31.4. The highest BCUT2D eigenvalue weighted by atomic mass is 16.5. The molecule has 1 saturated heterocycles. The van der Waals surface area contributed by atoms with Gasteiger partial charge in [0.25, 0.3) is 0 Å². The molecule has 1 aromatic heterocycles. The smallest absolute Gasteiger partial charge is 0.194 e. The van der Waals surface area contributed by atoms with Gasteiger partial charge in [-0.05, 0) is 26.2 Å². The van der Waals surface area contributed by atoms with Crippen molar-refractivity contribution < 1.29 is 9.26 Å². The number of aromatic nitrogens is 1. The van der Waals surface area contributed by atoms with Gasteiger partial charge in [0.05, 0.1) is 12.6 Å². The number of hydrogen-bond acceptors (Lipinski definition) is 4. The fourth-order valence-electron chi connectivity index (χ4n) is 4.66. The Bertz CT molecular complexity index is 567. The van der Waals surface area contributed by atoms with Crippen LogP contribution in [0.3, 0.4) is 0 Å². The average Bonchev–Trinajstić information content (AvgIpc) is 3.12. The van der Waals surface area contributed by atoms with Gasteiger partial charge >= 0.3 is 0 Å². The van der Waals surface area contributed by atoms with Crippen LogP contribution in [0, 0.1) is 11.3 Å². The van der Waals surface area contributed by atoms with Gasteiger partial charge in [0.2, 0.25) is 0 Å². The molecule has 0 radical (unpaired) electrons. The maximum atomic E-state index is 6.01. The van der Waals surface area contributed by atoms with E-state index in [9.17, 15) is 0 Å². The lowest BCUT2D eigenvalue weighted by Crippen LogP contribution is -2.72. The number of rotatable bonds is 4. The highest BCUT2D eigenvalue weighted by Gasteiger charge is 2.66. The van der Waals surface area contributed by atoms with Crippen molar-refractivity contribution in [3.05, 3.63) is 18.0 Å². The Hall–Kier alpha value is -1.56. The predicted octanol–water partition coefficient (Wildman–Crippen LogP) is 2.03. The van der Waals surface area contributed by atoms with Crippen LogP contribution in [-0.2, 0) is 11.3 Å². The molecule has 2 aliphatic carbocycles. The van der Waals surface area contributed by atoms with Crippen LogP contribution >= 0.6 is 0 Å². The molecule has 23 heavy (non-hydrogen) atoms. The molecule has 3 atom stereocenters. The van der Waals surface area contributed by atoms with E-state index in [1.54, 1.807) is 6.26 Å². The number of aliphatic imine (C=N–C) groups is 1. The first-order chi connectivity index (χ1) is 11.2. The zero-order valence-corrected chi connectivity index (χ0v) is 14.0. The molecule has 3 unspecified atom stereocenters. The van der Waals surface area contributed by atoms with E-state index >= 15 is 0 Å². The van der Waals surface area contributed by atoms with Crippen molar-refractivity contribution in [2.75, 3.05) is 20.2 Å². The van der Waals surface area contributed by atoms with Crippen LogP contribution in [0.25, 0.3) is 0 Å². The van der Waals surface area contributed by atoms with Gasteiger partial charge in [-0.25, -0.2) is 0 Å². The highest BCUT2D eigenvalue weighted by Crippen LogP contribution is 2.62. The number of ether oxygens (including phenoxy) is 1. The summed E-state index contributed by atoms with van der Waals surface area (Å²) in [6.45, 7) is 4.47. The Morgan fingerprint density at radius 3 is 3.04 bits per heavy atom. The van der Waals surface area contributed by atoms with Gasteiger partial charge in [0, 0.05) is 43.6 Å². The predicted molar refractivity (Wildman–Crippen MR) is 87.0 cm³/mol.